The number of phenols is 1. The summed E-state index contributed by atoms with van der Waals surface area (Å²) < 4.78 is 88.0. The molecule has 2 aromatic carbocycles. The zero-order valence-electron chi connectivity index (χ0n) is 28.1. The van der Waals surface area contributed by atoms with Crippen molar-refractivity contribution in [3.63, 3.8) is 0 Å². The highest BCUT2D eigenvalue weighted by Gasteiger charge is 2.56. The standard InChI is InChI=1S/C37H35F6IN2O6/c1-18(2)24-16-25-32(35(51)46(34(25)50)23-14-21(36(38,39)40)13-22(15-23)37(41,42)43)26(17-47)31(24)29(48)8-7-20(28-6-4-5-9-45-28)10-19-11-27(44)33(49)30(12-19)52-3/h4-6,9-15,18,25-26,29,32,47-49H,7-8,16-17H2,1-3H3/b20-10-/t25-,26+,29-,32-/m1/s1. The Kier molecular flexibility index (Phi) is 11.5. The summed E-state index contributed by atoms with van der Waals surface area (Å²) in [4.78, 5) is 32.5. The number of rotatable bonds is 10. The van der Waals surface area contributed by atoms with E-state index in [0.717, 1.165) is 0 Å². The maximum Gasteiger partial charge on any atom is 0.416 e. The van der Waals surface area contributed by atoms with Gasteiger partial charge in [-0.1, -0.05) is 25.5 Å². The van der Waals surface area contributed by atoms with Crippen LogP contribution in [0.15, 0.2) is 65.9 Å². The number of anilines is 1. The number of hydrogen-bond donors (Lipinski definition) is 3. The number of methoxy groups -OCH3 is 1. The first-order chi connectivity index (χ1) is 24.4. The number of nitrogens with zero attached hydrogens (tertiary/aromatic N) is 2. The van der Waals surface area contributed by atoms with Gasteiger partial charge >= 0.3 is 12.4 Å². The van der Waals surface area contributed by atoms with Crippen molar-refractivity contribution in [2.75, 3.05) is 18.6 Å². The van der Waals surface area contributed by atoms with E-state index in [1.54, 1.807) is 50.4 Å². The molecule has 4 atom stereocenters. The molecule has 1 fully saturated rings. The predicted octanol–water partition coefficient (Wildman–Crippen LogP) is 7.89. The molecule has 2 amide bonds. The molecule has 0 saturated carbocycles. The minimum absolute atomic E-state index is 0.0267. The highest BCUT2D eigenvalue weighted by molar-refractivity contribution is 14.1. The number of aliphatic hydroxyl groups is 2. The van der Waals surface area contributed by atoms with Gasteiger partial charge in [0.25, 0.3) is 0 Å². The average Bonchev–Trinajstić information content (AvgIpc) is 3.34. The summed E-state index contributed by atoms with van der Waals surface area (Å²) in [6, 6.07) is 9.24. The number of imide groups is 1. The van der Waals surface area contributed by atoms with Gasteiger partial charge in [-0.15, -0.1) is 0 Å². The van der Waals surface area contributed by atoms with Crippen LogP contribution in [0.1, 0.15) is 55.5 Å². The number of pyridine rings is 1. The third-order valence-electron chi connectivity index (χ3n) is 9.50. The zero-order chi connectivity index (χ0) is 38.3. The first-order valence-corrected chi connectivity index (χ1v) is 17.3. The molecule has 1 aliphatic carbocycles. The Balaban J connectivity index is 1.50. The molecule has 0 spiro atoms. The maximum atomic E-state index is 13.9. The van der Waals surface area contributed by atoms with Gasteiger partial charge in [0.15, 0.2) is 11.5 Å². The van der Waals surface area contributed by atoms with Gasteiger partial charge in [-0.25, -0.2) is 4.90 Å². The lowest BCUT2D eigenvalue weighted by Gasteiger charge is -2.38. The van der Waals surface area contributed by atoms with Gasteiger partial charge in [-0.3, -0.25) is 14.6 Å². The number of alkyl halides is 6. The van der Waals surface area contributed by atoms with Crippen molar-refractivity contribution < 1.29 is 56.0 Å². The van der Waals surface area contributed by atoms with E-state index in [2.05, 4.69) is 4.98 Å². The third-order valence-corrected chi connectivity index (χ3v) is 10.3. The molecule has 278 valence electrons. The molecule has 3 N–H and O–H groups in total. The van der Waals surface area contributed by atoms with Gasteiger partial charge < -0.3 is 20.1 Å². The third kappa shape index (κ3) is 7.86. The number of carbonyl (C=O) groups excluding carboxylic acids is 2. The first kappa shape index (κ1) is 39.3. The fraction of sp³-hybridized carbons (Fsp3) is 0.378. The number of ether oxygens (including phenoxy) is 1. The molecule has 5 rings (SSSR count). The van der Waals surface area contributed by atoms with Crippen molar-refractivity contribution in [2.45, 2.75) is 51.6 Å². The Hall–Kier alpha value is -3.96. The topological polar surface area (TPSA) is 120 Å². The second-order valence-electron chi connectivity index (χ2n) is 13.0. The van der Waals surface area contributed by atoms with Crippen LogP contribution in [0.2, 0.25) is 0 Å². The highest BCUT2D eigenvalue weighted by Crippen LogP contribution is 2.50. The van der Waals surface area contributed by atoms with Crippen LogP contribution in [0.25, 0.3) is 11.6 Å². The van der Waals surface area contributed by atoms with Crippen LogP contribution in [0.5, 0.6) is 11.5 Å². The number of hydrogen-bond acceptors (Lipinski definition) is 7. The number of aliphatic hydroxyl groups excluding tert-OH is 2. The number of carbonyl (C=O) groups is 2. The normalized spacial score (nSPS) is 20.5. The minimum atomic E-state index is -5.21. The Labute approximate surface area is 309 Å². The second-order valence-corrected chi connectivity index (χ2v) is 14.2. The lowest BCUT2D eigenvalue weighted by molar-refractivity contribution is -0.143. The van der Waals surface area contributed by atoms with Crippen molar-refractivity contribution >= 4 is 51.7 Å². The summed E-state index contributed by atoms with van der Waals surface area (Å²) in [7, 11) is 1.42. The van der Waals surface area contributed by atoms with Crippen LogP contribution >= 0.6 is 22.6 Å². The number of benzene rings is 2. The SMILES string of the molecule is COc1cc(/C=C(/CC[C@@H](O)C2=C(C(C)C)C[C@H]3C(=O)N(c4cc(C(F)(F)F)cc(C(F)(F)F)c4)C(=O)[C@H]3[C@H]2CO)c2ccccn2)cc(I)c1O. The van der Waals surface area contributed by atoms with E-state index in [1.165, 1.54) is 7.11 Å². The fourth-order valence-corrected chi connectivity index (χ4v) is 7.70. The monoisotopic (exact) mass is 844 g/mol. The van der Waals surface area contributed by atoms with Gasteiger partial charge in [0.05, 0.1) is 57.7 Å². The molecule has 2 heterocycles. The van der Waals surface area contributed by atoms with E-state index in [0.29, 0.717) is 48.6 Å². The lowest BCUT2D eigenvalue weighted by Crippen LogP contribution is -2.40. The number of amides is 2. The predicted molar refractivity (Wildman–Crippen MR) is 188 cm³/mol. The van der Waals surface area contributed by atoms with E-state index in [1.807, 2.05) is 28.7 Å². The van der Waals surface area contributed by atoms with E-state index in [-0.39, 0.29) is 42.7 Å². The molecule has 8 nitrogen and oxygen atoms in total. The fourth-order valence-electron chi connectivity index (χ4n) is 7.08. The average molecular weight is 845 g/mol. The second kappa shape index (κ2) is 15.2. The van der Waals surface area contributed by atoms with Gasteiger partial charge in [0.1, 0.15) is 0 Å². The highest BCUT2D eigenvalue weighted by atomic mass is 127. The van der Waals surface area contributed by atoms with Crippen molar-refractivity contribution in [3.8, 4) is 11.5 Å². The van der Waals surface area contributed by atoms with Gasteiger partial charge in [0, 0.05) is 12.1 Å². The van der Waals surface area contributed by atoms with E-state index < -0.39 is 71.4 Å². The first-order valence-electron chi connectivity index (χ1n) is 16.2. The number of halogens is 7. The Morgan fingerprint density at radius 3 is 2.23 bits per heavy atom. The Morgan fingerprint density at radius 2 is 1.69 bits per heavy atom. The molecule has 1 aliphatic heterocycles. The molecule has 52 heavy (non-hydrogen) atoms. The lowest BCUT2D eigenvalue weighted by atomic mass is 9.66. The number of allylic oxidation sites excluding steroid dienone is 2. The quantitative estimate of drug-likeness (QED) is 0.0823. The summed E-state index contributed by atoms with van der Waals surface area (Å²) in [5.74, 6) is -5.79. The molecule has 0 bridgehead atoms. The molecule has 2 aliphatic rings. The molecule has 0 radical (unpaired) electrons. The molecule has 1 saturated heterocycles. The van der Waals surface area contributed by atoms with Gasteiger partial charge in [0.2, 0.25) is 11.8 Å². The van der Waals surface area contributed by atoms with E-state index in [9.17, 15) is 51.3 Å². The van der Waals surface area contributed by atoms with Crippen LogP contribution < -0.4 is 9.64 Å². The van der Waals surface area contributed by atoms with Gasteiger partial charge in [-0.05, 0) is 113 Å². The number of aromatic hydroxyl groups is 1. The van der Waals surface area contributed by atoms with Crippen molar-refractivity contribution in [1.29, 1.82) is 0 Å². The molecular weight excluding hydrogens is 809 g/mol. The molecule has 0 unspecified atom stereocenters. The van der Waals surface area contributed by atoms with E-state index >= 15 is 0 Å². The van der Waals surface area contributed by atoms with E-state index in [4.69, 9.17) is 4.74 Å². The minimum Gasteiger partial charge on any atom is -0.504 e. The number of aromatic nitrogens is 1. The number of phenolic OH excluding ortho intramolecular Hbond substituents is 1. The summed E-state index contributed by atoms with van der Waals surface area (Å²) in [6.45, 7) is 2.86. The largest absolute Gasteiger partial charge is 0.504 e. The van der Waals surface area contributed by atoms with Crippen molar-refractivity contribution in [2.24, 2.45) is 23.7 Å². The van der Waals surface area contributed by atoms with Crippen LogP contribution in [0.4, 0.5) is 32.0 Å². The summed E-state index contributed by atoms with van der Waals surface area (Å²) in [5.41, 5.74) is -1.41. The molecule has 1 aromatic heterocycles. The Bertz CT molecular complexity index is 1880. The summed E-state index contributed by atoms with van der Waals surface area (Å²) in [5, 5.41) is 32.8. The van der Waals surface area contributed by atoms with Crippen molar-refractivity contribution in [3.05, 3.63) is 91.8 Å². The van der Waals surface area contributed by atoms with Gasteiger partial charge in [-0.2, -0.15) is 26.3 Å². The summed E-state index contributed by atoms with van der Waals surface area (Å²) in [6.07, 6.45) is -8.07. The smallest absolute Gasteiger partial charge is 0.416 e. The van der Waals surface area contributed by atoms with Crippen molar-refractivity contribution in [1.82, 2.24) is 4.98 Å². The Morgan fingerprint density at radius 1 is 1.04 bits per heavy atom. The zero-order valence-corrected chi connectivity index (χ0v) is 30.3. The van der Waals surface area contributed by atoms with Crippen LogP contribution in [-0.2, 0) is 21.9 Å². The molecule has 3 aromatic rings. The van der Waals surface area contributed by atoms with Crippen LogP contribution in [0, 0.1) is 27.2 Å². The maximum absolute atomic E-state index is 13.9. The summed E-state index contributed by atoms with van der Waals surface area (Å²) >= 11 is 1.97. The number of fused-ring (bicyclic) bond motifs is 1. The molecular formula is C37H35F6IN2O6. The van der Waals surface area contributed by atoms with Crippen LogP contribution in [-0.4, -0.2) is 51.9 Å². The van der Waals surface area contributed by atoms with Crippen LogP contribution in [0.3, 0.4) is 0 Å². The molecule has 15 heteroatoms.